The Morgan fingerprint density at radius 1 is 1.12 bits per heavy atom. The normalized spacial score (nSPS) is 21.0. The first-order chi connectivity index (χ1) is 11.3. The van der Waals surface area contributed by atoms with Gasteiger partial charge in [0.05, 0.1) is 0 Å². The zero-order valence-electron chi connectivity index (χ0n) is 14.8. The maximum absolute atomic E-state index is 12.5. The summed E-state index contributed by atoms with van der Waals surface area (Å²) in [5.74, 6) is -0.558. The van der Waals surface area contributed by atoms with E-state index in [4.69, 9.17) is 0 Å². The van der Waals surface area contributed by atoms with Gasteiger partial charge in [0.2, 0.25) is 11.8 Å². The first-order valence-corrected chi connectivity index (χ1v) is 10.7. The van der Waals surface area contributed by atoms with Gasteiger partial charge in [0.25, 0.3) is 0 Å². The highest BCUT2D eigenvalue weighted by molar-refractivity contribution is 7.92. The molecule has 2 rings (SSSR count). The Bertz CT molecular complexity index is 556. The second-order valence-electron chi connectivity index (χ2n) is 6.92. The Morgan fingerprint density at radius 3 is 2.28 bits per heavy atom. The number of carbonyl (C=O) groups is 2. The molecule has 0 radical (unpaired) electrons. The molecule has 1 heterocycles. The van der Waals surface area contributed by atoms with Gasteiger partial charge in [0, 0.05) is 25.3 Å². The maximum atomic E-state index is 12.5. The van der Waals surface area contributed by atoms with Gasteiger partial charge in [-0.05, 0) is 38.8 Å². The minimum Gasteiger partial charge on any atom is -0.354 e. The predicted octanol–water partition coefficient (Wildman–Crippen LogP) is 0.530. The number of halogens is 1. The van der Waals surface area contributed by atoms with Crippen molar-refractivity contribution in [1.82, 2.24) is 16.0 Å². The van der Waals surface area contributed by atoms with Crippen LogP contribution in [0.5, 0.6) is 0 Å². The highest BCUT2D eigenvalue weighted by Crippen LogP contribution is 2.27. The summed E-state index contributed by atoms with van der Waals surface area (Å²) in [4.78, 5) is 24.4. The molecule has 7 nitrogen and oxygen atoms in total. The first-order valence-electron chi connectivity index (χ1n) is 8.83. The van der Waals surface area contributed by atoms with E-state index in [-0.39, 0.29) is 50.2 Å². The van der Waals surface area contributed by atoms with Crippen LogP contribution in [-0.4, -0.2) is 56.9 Å². The van der Waals surface area contributed by atoms with Gasteiger partial charge in [0.15, 0.2) is 14.6 Å². The van der Waals surface area contributed by atoms with Crippen molar-refractivity contribution in [2.75, 3.05) is 25.9 Å². The average Bonchev–Trinajstić information content (AvgIpc) is 2.55. The van der Waals surface area contributed by atoms with E-state index >= 15 is 0 Å². The molecule has 25 heavy (non-hydrogen) atoms. The lowest BCUT2D eigenvalue weighted by atomic mass is 9.95. The molecule has 2 amide bonds. The van der Waals surface area contributed by atoms with Crippen LogP contribution < -0.4 is 16.0 Å². The number of hydrogen-bond acceptors (Lipinski definition) is 5. The molecule has 1 aliphatic carbocycles. The van der Waals surface area contributed by atoms with Gasteiger partial charge in [-0.1, -0.05) is 19.3 Å². The summed E-state index contributed by atoms with van der Waals surface area (Å²) in [6, 6.07) is 0.244. The van der Waals surface area contributed by atoms with Gasteiger partial charge < -0.3 is 16.0 Å². The van der Waals surface area contributed by atoms with Crippen LogP contribution >= 0.6 is 12.4 Å². The zero-order chi connectivity index (χ0) is 17.6. The minimum absolute atomic E-state index is 0. The van der Waals surface area contributed by atoms with Crippen LogP contribution in [0.4, 0.5) is 0 Å². The van der Waals surface area contributed by atoms with E-state index in [1.165, 1.54) is 6.42 Å². The molecule has 0 aromatic rings. The number of rotatable bonds is 6. The predicted molar refractivity (Wildman–Crippen MR) is 99.6 cm³/mol. The molecule has 146 valence electrons. The maximum Gasteiger partial charge on any atom is 0.241 e. The fourth-order valence-corrected chi connectivity index (χ4v) is 4.95. The fraction of sp³-hybridized carbons (Fsp3) is 0.875. The van der Waals surface area contributed by atoms with Crippen molar-refractivity contribution in [1.29, 1.82) is 0 Å². The Kier molecular flexibility index (Phi) is 8.63. The van der Waals surface area contributed by atoms with Crippen molar-refractivity contribution in [3.63, 3.8) is 0 Å². The smallest absolute Gasteiger partial charge is 0.241 e. The summed E-state index contributed by atoms with van der Waals surface area (Å²) in [6.45, 7) is 1.17. The van der Waals surface area contributed by atoms with Crippen molar-refractivity contribution in [2.24, 2.45) is 0 Å². The molecule has 2 fully saturated rings. The second-order valence-corrected chi connectivity index (χ2v) is 9.25. The molecule has 3 N–H and O–H groups in total. The molecule has 0 unspecified atom stereocenters. The van der Waals surface area contributed by atoms with E-state index in [1.807, 2.05) is 0 Å². The lowest BCUT2D eigenvalue weighted by Gasteiger charge is -2.34. The van der Waals surface area contributed by atoms with Crippen LogP contribution in [0.25, 0.3) is 0 Å². The average molecular weight is 396 g/mol. The van der Waals surface area contributed by atoms with Gasteiger partial charge in [-0.2, -0.15) is 0 Å². The number of piperidine rings is 1. The monoisotopic (exact) mass is 395 g/mol. The van der Waals surface area contributed by atoms with Gasteiger partial charge in [0.1, 0.15) is 0 Å². The number of sulfone groups is 1. The largest absolute Gasteiger partial charge is 0.354 e. The van der Waals surface area contributed by atoms with Crippen molar-refractivity contribution >= 4 is 34.1 Å². The Balaban J connectivity index is 0.00000312. The molecule has 0 spiro atoms. The number of carbonyl (C=O) groups excluding carboxylic acids is 2. The number of nitrogens with one attached hydrogen (secondary N) is 3. The minimum atomic E-state index is -3.51. The van der Waals surface area contributed by atoms with Gasteiger partial charge in [-0.15, -0.1) is 12.4 Å². The van der Waals surface area contributed by atoms with Crippen molar-refractivity contribution in [3.8, 4) is 0 Å². The third-order valence-electron chi connectivity index (χ3n) is 5.14. The SMILES string of the molecule is CS(=O)(=O)C1(C(=O)NCCC(=O)NC2CCCCC2)CCNCC1.Cl. The van der Waals surface area contributed by atoms with Crippen LogP contribution in [0, 0.1) is 0 Å². The number of hydrogen-bond donors (Lipinski definition) is 3. The van der Waals surface area contributed by atoms with Crippen molar-refractivity contribution < 1.29 is 18.0 Å². The summed E-state index contributed by atoms with van der Waals surface area (Å²) in [5.41, 5.74) is 0. The van der Waals surface area contributed by atoms with Crippen LogP contribution in [-0.2, 0) is 19.4 Å². The quantitative estimate of drug-likeness (QED) is 0.608. The second kappa shape index (κ2) is 9.73. The molecule has 1 saturated heterocycles. The molecule has 1 aliphatic heterocycles. The number of amides is 2. The van der Waals surface area contributed by atoms with Crippen LogP contribution in [0.3, 0.4) is 0 Å². The Morgan fingerprint density at radius 2 is 1.72 bits per heavy atom. The molecule has 9 heteroatoms. The molecular formula is C16H30ClN3O4S. The summed E-state index contributed by atoms with van der Waals surface area (Å²) >= 11 is 0. The summed E-state index contributed by atoms with van der Waals surface area (Å²) in [5, 5.41) is 8.73. The van der Waals surface area contributed by atoms with E-state index in [1.54, 1.807) is 0 Å². The Hall–Kier alpha value is -0.860. The van der Waals surface area contributed by atoms with Crippen LogP contribution in [0.1, 0.15) is 51.4 Å². The highest BCUT2D eigenvalue weighted by atomic mass is 35.5. The van der Waals surface area contributed by atoms with Crippen molar-refractivity contribution in [2.45, 2.75) is 62.2 Å². The zero-order valence-corrected chi connectivity index (χ0v) is 16.4. The lowest BCUT2D eigenvalue weighted by Crippen LogP contribution is -2.57. The molecule has 1 saturated carbocycles. The lowest BCUT2D eigenvalue weighted by molar-refractivity contribution is -0.124. The highest BCUT2D eigenvalue weighted by Gasteiger charge is 2.48. The summed E-state index contributed by atoms with van der Waals surface area (Å²) in [6.07, 6.45) is 7.39. The van der Waals surface area contributed by atoms with E-state index in [2.05, 4.69) is 16.0 Å². The van der Waals surface area contributed by atoms with E-state index in [9.17, 15) is 18.0 Å². The third-order valence-corrected chi connectivity index (χ3v) is 7.16. The van der Waals surface area contributed by atoms with E-state index in [0.717, 1.165) is 31.9 Å². The molecule has 2 aliphatic rings. The Labute approximate surface area is 156 Å². The molecule has 0 atom stereocenters. The molecular weight excluding hydrogens is 366 g/mol. The van der Waals surface area contributed by atoms with Crippen LogP contribution in [0.15, 0.2) is 0 Å². The molecule has 0 aromatic heterocycles. The molecule has 0 aromatic carbocycles. The van der Waals surface area contributed by atoms with E-state index < -0.39 is 20.5 Å². The van der Waals surface area contributed by atoms with Gasteiger partial charge >= 0.3 is 0 Å². The first kappa shape index (κ1) is 22.2. The van der Waals surface area contributed by atoms with Gasteiger partial charge in [-0.3, -0.25) is 9.59 Å². The van der Waals surface area contributed by atoms with Crippen molar-refractivity contribution in [3.05, 3.63) is 0 Å². The van der Waals surface area contributed by atoms with Crippen LogP contribution in [0.2, 0.25) is 0 Å². The standard InChI is InChI=1S/C16H29N3O4S.ClH/c1-24(22,23)16(8-11-17-12-9-16)15(21)18-10-7-14(20)19-13-5-3-2-4-6-13;/h13,17H,2-12H2,1H3,(H,18,21)(H,19,20);1H. The summed E-state index contributed by atoms with van der Waals surface area (Å²) in [7, 11) is -3.51. The fourth-order valence-electron chi connectivity index (χ4n) is 3.59. The van der Waals surface area contributed by atoms with Gasteiger partial charge in [-0.25, -0.2) is 8.42 Å². The summed E-state index contributed by atoms with van der Waals surface area (Å²) < 4.78 is 22.9. The van der Waals surface area contributed by atoms with E-state index in [0.29, 0.717) is 13.1 Å². The molecule has 0 bridgehead atoms. The third kappa shape index (κ3) is 5.82. The topological polar surface area (TPSA) is 104 Å².